The van der Waals surface area contributed by atoms with Gasteiger partial charge in [-0.3, -0.25) is 62.3 Å². The number of hydrogen-bond donors (Lipinski definition) is 12. The third-order valence-corrected chi connectivity index (χ3v) is 15.0. The molecular weight excluding hydrogens is 1160 g/mol. The van der Waals surface area contributed by atoms with Gasteiger partial charge in [0.1, 0.15) is 30.2 Å². The van der Waals surface area contributed by atoms with Crippen molar-refractivity contribution in [3.8, 4) is 0 Å². The standard InChI is InChI=1S/C56H82N12O18S/c1-8-31(4)49-53(80)61-27-44(73)59-28-45(74)63-39(26-48(77)84-7)56(82)68-30-34(69)24-40(68)52(79)67-50(32(5)9-2)54(81)64-38(51(78)60-29-46(75)66-49)25-36-35-23-33(11-12-37(35)65-55(36)87-10-3)62-43(72)16-19-85-21-22-86-20-18-58-42(71)14-13-41(70)57-17-15-47(76)83-6/h11-14,23,31-32,34,38-40,49-50,65,69H,8-10,15-22,24-30H2,1-7H3,(H,57,70)(H,58,71)(H,59,73)(H,60,78)(H,61,80)(H,62,72)(H,63,74)(H,64,81)(H,66,75)(H,67,79)/b14-13-/t31-,32-,34+,38-,39-,40-,49-,50-/m0/s1. The maximum atomic E-state index is 14.7. The molecule has 31 heteroatoms. The molecule has 2 saturated heterocycles. The number of H-pyrrole nitrogens is 1. The number of carbonyl (C=O) groups excluding carboxylic acids is 13. The number of aromatic nitrogens is 1. The molecule has 0 aliphatic carbocycles. The van der Waals surface area contributed by atoms with Crippen molar-refractivity contribution in [2.75, 3.05) is 91.0 Å². The second-order valence-corrected chi connectivity index (χ2v) is 21.7. The van der Waals surface area contributed by atoms with Crippen LogP contribution in [0.25, 0.3) is 10.9 Å². The second kappa shape index (κ2) is 36.7. The van der Waals surface area contributed by atoms with Crippen LogP contribution in [0.15, 0.2) is 35.4 Å². The minimum atomic E-state index is -1.65. The average Bonchev–Trinajstić information content (AvgIpc) is 3.21. The Bertz CT molecular complexity index is 2810. The van der Waals surface area contributed by atoms with Crippen LogP contribution in [0.3, 0.4) is 0 Å². The number of anilines is 1. The van der Waals surface area contributed by atoms with Gasteiger partial charge in [-0.1, -0.05) is 47.5 Å². The molecule has 8 atom stereocenters. The molecule has 480 valence electrons. The van der Waals surface area contributed by atoms with E-state index in [-0.39, 0.29) is 65.2 Å². The van der Waals surface area contributed by atoms with Crippen LogP contribution in [0.1, 0.15) is 78.7 Å². The molecule has 3 heterocycles. The maximum Gasteiger partial charge on any atom is 0.308 e. The number of methoxy groups -OCH3 is 2. The minimum absolute atomic E-state index is 0.0114. The SMILES string of the molecule is CCSc1[nH]c2ccc(NC(=O)CCOCCOCCNC(=O)/C=C\C(=O)NCCC(=O)OC)cc2c1C[C@@H]1NC(=O)[C@H]([C@@H](C)CC)NC(=O)[C@@H]2C[C@@H](O)CN2C(=O)[C@H](CC(=O)OC)NC(=O)CNC(=O)CNC(=O)[C@H]([C@@H](C)CC)NC(=O)CNC1=O. The average molecular weight is 1240 g/mol. The highest BCUT2D eigenvalue weighted by Crippen LogP contribution is 2.33. The number of ether oxygens (including phenoxy) is 4. The molecule has 0 radical (unpaired) electrons. The Balaban J connectivity index is 1.56. The van der Waals surface area contributed by atoms with Crippen LogP contribution in [-0.4, -0.2) is 214 Å². The van der Waals surface area contributed by atoms with E-state index in [1.807, 2.05) is 6.92 Å². The summed E-state index contributed by atoms with van der Waals surface area (Å²) in [5, 5.41) is 37.6. The zero-order chi connectivity index (χ0) is 64.2. The Morgan fingerprint density at radius 3 is 1.95 bits per heavy atom. The van der Waals surface area contributed by atoms with E-state index in [0.29, 0.717) is 45.8 Å². The summed E-state index contributed by atoms with van der Waals surface area (Å²) in [4.78, 5) is 176. The first kappa shape index (κ1) is 71.3. The highest BCUT2D eigenvalue weighted by atomic mass is 32.2. The number of hydrogen-bond acceptors (Lipinski definition) is 19. The number of fused-ring (bicyclic) bond motifs is 2. The first-order valence-corrected chi connectivity index (χ1v) is 29.6. The summed E-state index contributed by atoms with van der Waals surface area (Å²) >= 11 is 1.40. The van der Waals surface area contributed by atoms with Crippen molar-refractivity contribution in [2.24, 2.45) is 11.8 Å². The molecule has 30 nitrogen and oxygen atoms in total. The number of esters is 2. The predicted octanol–water partition coefficient (Wildman–Crippen LogP) is -2.55. The molecular formula is C56H82N12O18S. The van der Waals surface area contributed by atoms with Gasteiger partial charge in [0.2, 0.25) is 65.0 Å². The number of carbonyl (C=O) groups is 13. The van der Waals surface area contributed by atoms with Crippen LogP contribution in [0.4, 0.5) is 5.69 Å². The number of rotatable bonds is 25. The highest BCUT2D eigenvalue weighted by molar-refractivity contribution is 7.99. The fourth-order valence-electron chi connectivity index (χ4n) is 8.95. The van der Waals surface area contributed by atoms with Gasteiger partial charge in [-0.15, -0.1) is 11.8 Å². The smallest absolute Gasteiger partial charge is 0.308 e. The molecule has 11 amide bonds. The minimum Gasteiger partial charge on any atom is -0.469 e. The highest BCUT2D eigenvalue weighted by Gasteiger charge is 2.44. The van der Waals surface area contributed by atoms with Crippen molar-refractivity contribution in [3.63, 3.8) is 0 Å². The molecule has 0 bridgehead atoms. The number of amides is 11. The van der Waals surface area contributed by atoms with Crippen LogP contribution in [0.5, 0.6) is 0 Å². The summed E-state index contributed by atoms with van der Waals surface area (Å²) in [6.07, 6.45) is 0.229. The van der Waals surface area contributed by atoms with E-state index in [1.165, 1.54) is 18.9 Å². The van der Waals surface area contributed by atoms with Crippen molar-refractivity contribution in [1.29, 1.82) is 0 Å². The molecule has 2 fully saturated rings. The van der Waals surface area contributed by atoms with Crippen molar-refractivity contribution in [2.45, 2.75) is 121 Å². The van der Waals surface area contributed by atoms with E-state index < -0.39 is 158 Å². The summed E-state index contributed by atoms with van der Waals surface area (Å²) in [6.45, 7) is 6.96. The van der Waals surface area contributed by atoms with Gasteiger partial charge in [0, 0.05) is 61.2 Å². The molecule has 2 aliphatic rings. The zero-order valence-electron chi connectivity index (χ0n) is 50.0. The number of nitrogens with zero attached hydrogens (tertiary/aromatic N) is 1. The summed E-state index contributed by atoms with van der Waals surface area (Å²) in [7, 11) is 2.29. The molecule has 0 saturated carbocycles. The van der Waals surface area contributed by atoms with Crippen molar-refractivity contribution in [1.82, 2.24) is 57.7 Å². The summed E-state index contributed by atoms with van der Waals surface area (Å²) in [6, 6.07) is -2.05. The Morgan fingerprint density at radius 2 is 1.30 bits per heavy atom. The van der Waals surface area contributed by atoms with Crippen LogP contribution in [0, 0.1) is 11.8 Å². The van der Waals surface area contributed by atoms with Crippen LogP contribution >= 0.6 is 11.8 Å². The van der Waals surface area contributed by atoms with E-state index in [9.17, 15) is 67.4 Å². The molecule has 0 spiro atoms. The van der Waals surface area contributed by atoms with Gasteiger partial charge in [0.25, 0.3) is 0 Å². The summed E-state index contributed by atoms with van der Waals surface area (Å²) in [5.74, 6) is -10.3. The lowest BCUT2D eigenvalue weighted by Gasteiger charge is -2.31. The zero-order valence-corrected chi connectivity index (χ0v) is 50.8. The number of thioether (sulfide) groups is 1. The van der Waals surface area contributed by atoms with E-state index >= 15 is 0 Å². The van der Waals surface area contributed by atoms with Gasteiger partial charge in [-0.2, -0.15) is 0 Å². The molecule has 12 N–H and O–H groups in total. The fraction of sp³-hybridized carbons (Fsp3) is 0.589. The molecule has 1 aromatic carbocycles. The van der Waals surface area contributed by atoms with Crippen molar-refractivity contribution in [3.05, 3.63) is 35.9 Å². The number of aromatic amines is 1. The van der Waals surface area contributed by atoms with Gasteiger partial charge in [0.15, 0.2) is 0 Å². The van der Waals surface area contributed by atoms with Gasteiger partial charge < -0.3 is 87.1 Å². The van der Waals surface area contributed by atoms with E-state index in [2.05, 4.69) is 62.9 Å². The lowest BCUT2D eigenvalue weighted by Crippen LogP contribution is -2.60. The Kier molecular flexibility index (Phi) is 30.1. The molecule has 1 aromatic heterocycles. The van der Waals surface area contributed by atoms with Crippen molar-refractivity contribution < 1.29 is 86.4 Å². The number of aliphatic hydroxyl groups excluding tert-OH is 1. The van der Waals surface area contributed by atoms with E-state index in [0.717, 1.165) is 24.2 Å². The monoisotopic (exact) mass is 1240 g/mol. The third kappa shape index (κ3) is 23.6. The van der Waals surface area contributed by atoms with Gasteiger partial charge in [-0.25, -0.2) is 0 Å². The normalized spacial score (nSPS) is 21.1. The van der Waals surface area contributed by atoms with E-state index in [1.54, 1.807) is 45.9 Å². The largest absolute Gasteiger partial charge is 0.469 e. The molecule has 0 unspecified atom stereocenters. The van der Waals surface area contributed by atoms with Gasteiger partial charge in [0.05, 0.1) is 90.7 Å². The lowest BCUT2D eigenvalue weighted by molar-refractivity contribution is -0.147. The van der Waals surface area contributed by atoms with Crippen LogP contribution < -0.4 is 53.2 Å². The van der Waals surface area contributed by atoms with Gasteiger partial charge in [-0.05, 0) is 41.4 Å². The topological polar surface area (TPSA) is 418 Å². The Morgan fingerprint density at radius 1 is 0.690 bits per heavy atom. The first-order valence-electron chi connectivity index (χ1n) is 28.6. The number of nitrogens with one attached hydrogen (secondary N) is 11. The van der Waals surface area contributed by atoms with Crippen LogP contribution in [0.2, 0.25) is 0 Å². The molecule has 4 rings (SSSR count). The lowest BCUT2D eigenvalue weighted by atomic mass is 9.96. The molecule has 87 heavy (non-hydrogen) atoms. The maximum absolute atomic E-state index is 14.7. The summed E-state index contributed by atoms with van der Waals surface area (Å²) in [5.41, 5.74) is 1.52. The molecule has 2 aliphatic heterocycles. The van der Waals surface area contributed by atoms with E-state index in [4.69, 9.17) is 14.2 Å². The second-order valence-electron chi connectivity index (χ2n) is 20.5. The Labute approximate surface area is 507 Å². The van der Waals surface area contributed by atoms with Gasteiger partial charge >= 0.3 is 11.9 Å². The number of aliphatic hydroxyl groups is 1. The van der Waals surface area contributed by atoms with Crippen LogP contribution in [-0.2, 0) is 87.7 Å². The summed E-state index contributed by atoms with van der Waals surface area (Å²) < 4.78 is 20.3. The quantitative estimate of drug-likeness (QED) is 0.0211. The number of benzene rings is 1. The Hall–Kier alpha value is -8.16. The first-order chi connectivity index (χ1) is 41.5. The molecule has 2 aromatic rings. The fourth-order valence-corrected chi connectivity index (χ4v) is 9.79. The van der Waals surface area contributed by atoms with Crippen molar-refractivity contribution >= 4 is 105 Å². The predicted molar refractivity (Wildman–Crippen MR) is 313 cm³/mol. The third-order valence-electron chi connectivity index (χ3n) is 14.1.